The van der Waals surface area contributed by atoms with Crippen molar-refractivity contribution >= 4 is 40.8 Å². The first kappa shape index (κ1) is 11.6. The molecule has 1 rings (SSSR count). The Kier molecular flexibility index (Phi) is 3.76. The molecule has 1 aromatic carbocycles. The zero-order valence-electron chi connectivity index (χ0n) is 7.57. The predicted octanol–water partition coefficient (Wildman–Crippen LogP) is 1.82. The maximum absolute atomic E-state index is 7.39. The van der Waals surface area contributed by atoms with E-state index in [1.165, 1.54) is 0 Å². The molecule has 0 aliphatic carbocycles. The van der Waals surface area contributed by atoms with Gasteiger partial charge in [0, 0.05) is 0 Å². The van der Waals surface area contributed by atoms with Crippen LogP contribution in [-0.2, 0) is 0 Å². The van der Waals surface area contributed by atoms with Crippen molar-refractivity contribution in [2.75, 3.05) is 5.32 Å². The molecule has 1 aromatic rings. The van der Waals surface area contributed by atoms with Gasteiger partial charge < -0.3 is 11.1 Å². The zero-order valence-corrected chi connectivity index (χ0v) is 9.08. The summed E-state index contributed by atoms with van der Waals surface area (Å²) in [6.45, 7) is 0. The Labute approximate surface area is 96.6 Å². The maximum atomic E-state index is 7.39. The number of para-hydroxylation sites is 1. The molecule has 0 unspecified atom stereocenters. The molecule has 7 heteroatoms. The van der Waals surface area contributed by atoms with Gasteiger partial charge in [-0.1, -0.05) is 29.3 Å². The Balaban J connectivity index is 2.80. The number of guanidine groups is 2. The van der Waals surface area contributed by atoms with E-state index >= 15 is 0 Å². The molecule has 0 aliphatic heterocycles. The Bertz CT molecular complexity index is 384. The lowest BCUT2D eigenvalue weighted by atomic mass is 10.3. The Morgan fingerprint density at radius 1 is 1.20 bits per heavy atom. The summed E-state index contributed by atoms with van der Waals surface area (Å²) in [5.41, 5.74) is 5.45. The van der Waals surface area contributed by atoms with Crippen LogP contribution in [0.4, 0.5) is 5.69 Å². The van der Waals surface area contributed by atoms with Crippen LogP contribution in [0, 0.1) is 10.8 Å². The van der Waals surface area contributed by atoms with Crippen LogP contribution in [0.15, 0.2) is 18.2 Å². The number of anilines is 1. The first-order valence-corrected chi connectivity index (χ1v) is 4.67. The van der Waals surface area contributed by atoms with Crippen LogP contribution in [0.3, 0.4) is 0 Å². The van der Waals surface area contributed by atoms with Gasteiger partial charge in [0.15, 0.2) is 11.9 Å². The molecule has 0 atom stereocenters. The van der Waals surface area contributed by atoms with Crippen LogP contribution in [-0.4, -0.2) is 11.9 Å². The molecule has 0 amide bonds. The van der Waals surface area contributed by atoms with E-state index in [0.29, 0.717) is 15.7 Å². The highest BCUT2D eigenvalue weighted by Gasteiger charge is 2.06. The first-order valence-electron chi connectivity index (χ1n) is 3.91. The quantitative estimate of drug-likeness (QED) is 0.386. The normalized spacial score (nSPS) is 9.47. The second-order valence-electron chi connectivity index (χ2n) is 2.64. The van der Waals surface area contributed by atoms with E-state index in [4.69, 9.17) is 39.8 Å². The number of rotatable bonds is 1. The van der Waals surface area contributed by atoms with Crippen LogP contribution in [0.25, 0.3) is 0 Å². The van der Waals surface area contributed by atoms with Gasteiger partial charge in [-0.25, -0.2) is 0 Å². The maximum Gasteiger partial charge on any atom is 0.199 e. The third kappa shape index (κ3) is 3.30. The number of nitrogens with two attached hydrogens (primary N) is 1. The molecule has 0 saturated carbocycles. The molecule has 0 spiro atoms. The van der Waals surface area contributed by atoms with Crippen molar-refractivity contribution in [2.45, 2.75) is 0 Å². The lowest BCUT2D eigenvalue weighted by molar-refractivity contribution is 1.20. The van der Waals surface area contributed by atoms with Crippen molar-refractivity contribution in [1.29, 1.82) is 10.8 Å². The third-order valence-electron chi connectivity index (χ3n) is 1.47. The van der Waals surface area contributed by atoms with E-state index in [9.17, 15) is 0 Å². The van der Waals surface area contributed by atoms with Crippen molar-refractivity contribution in [1.82, 2.24) is 5.32 Å². The van der Waals surface area contributed by atoms with Gasteiger partial charge >= 0.3 is 0 Å². The van der Waals surface area contributed by atoms with Gasteiger partial charge in [-0.2, -0.15) is 0 Å². The second kappa shape index (κ2) is 4.86. The van der Waals surface area contributed by atoms with Gasteiger partial charge in [-0.05, 0) is 12.1 Å². The summed E-state index contributed by atoms with van der Waals surface area (Å²) in [4.78, 5) is 0. The van der Waals surface area contributed by atoms with E-state index in [-0.39, 0.29) is 11.9 Å². The third-order valence-corrected chi connectivity index (χ3v) is 2.10. The van der Waals surface area contributed by atoms with Crippen molar-refractivity contribution < 1.29 is 0 Å². The molecule has 6 N–H and O–H groups in total. The van der Waals surface area contributed by atoms with Gasteiger partial charge in [0.1, 0.15) is 0 Å². The summed E-state index contributed by atoms with van der Waals surface area (Å²) in [6, 6.07) is 4.96. The van der Waals surface area contributed by atoms with E-state index in [0.717, 1.165) is 0 Å². The molecule has 0 aromatic heterocycles. The average molecular weight is 246 g/mol. The molecule has 0 aliphatic rings. The highest BCUT2D eigenvalue weighted by Crippen LogP contribution is 2.29. The summed E-state index contributed by atoms with van der Waals surface area (Å²) < 4.78 is 0. The molecule has 0 bridgehead atoms. The van der Waals surface area contributed by atoms with E-state index in [1.54, 1.807) is 18.2 Å². The van der Waals surface area contributed by atoms with E-state index in [1.807, 2.05) is 0 Å². The van der Waals surface area contributed by atoms with Crippen molar-refractivity contribution in [3.05, 3.63) is 28.2 Å². The van der Waals surface area contributed by atoms with E-state index in [2.05, 4.69) is 10.6 Å². The number of nitrogens with one attached hydrogen (secondary N) is 4. The molecule has 0 fully saturated rings. The molecule has 0 saturated heterocycles. The second-order valence-corrected chi connectivity index (χ2v) is 3.45. The smallest absolute Gasteiger partial charge is 0.199 e. The minimum Gasteiger partial charge on any atom is -0.370 e. The summed E-state index contributed by atoms with van der Waals surface area (Å²) in [6.07, 6.45) is 0. The molecule has 15 heavy (non-hydrogen) atoms. The highest BCUT2D eigenvalue weighted by atomic mass is 35.5. The summed E-state index contributed by atoms with van der Waals surface area (Å²) in [5, 5.41) is 19.9. The highest BCUT2D eigenvalue weighted by molar-refractivity contribution is 6.39. The number of benzene rings is 1. The van der Waals surface area contributed by atoms with Crippen LogP contribution >= 0.6 is 23.2 Å². The fraction of sp³-hybridized carbons (Fsp3) is 0. The number of halogens is 2. The lowest BCUT2D eigenvalue weighted by Crippen LogP contribution is -2.39. The first-order chi connectivity index (χ1) is 7.00. The minimum atomic E-state index is -0.337. The van der Waals surface area contributed by atoms with Crippen LogP contribution in [0.2, 0.25) is 10.0 Å². The SMILES string of the molecule is N=C(N)NC(=N)Nc1c(Cl)cccc1Cl. The number of hydrogen-bond donors (Lipinski definition) is 5. The monoisotopic (exact) mass is 245 g/mol. The number of hydrogen-bond acceptors (Lipinski definition) is 2. The van der Waals surface area contributed by atoms with Gasteiger partial charge in [-0.15, -0.1) is 0 Å². The fourth-order valence-electron chi connectivity index (χ4n) is 0.908. The lowest BCUT2D eigenvalue weighted by Gasteiger charge is -2.11. The Hall–Kier alpha value is -1.46. The van der Waals surface area contributed by atoms with E-state index < -0.39 is 0 Å². The molecule has 0 heterocycles. The Morgan fingerprint density at radius 2 is 1.73 bits per heavy atom. The van der Waals surface area contributed by atoms with Gasteiger partial charge in [0.2, 0.25) is 0 Å². The van der Waals surface area contributed by atoms with Crippen molar-refractivity contribution in [3.63, 3.8) is 0 Å². The summed E-state index contributed by atoms with van der Waals surface area (Å²) in [7, 11) is 0. The Morgan fingerprint density at radius 3 is 2.20 bits per heavy atom. The van der Waals surface area contributed by atoms with Crippen LogP contribution < -0.4 is 16.4 Å². The standard InChI is InChI=1S/C8H9Cl2N5/c9-4-2-1-3-5(10)6(4)14-8(13)15-7(11)12/h1-3H,(H6,11,12,13,14,15). The van der Waals surface area contributed by atoms with Crippen molar-refractivity contribution in [3.8, 4) is 0 Å². The summed E-state index contributed by atoms with van der Waals surface area (Å²) >= 11 is 11.7. The van der Waals surface area contributed by atoms with Crippen molar-refractivity contribution in [2.24, 2.45) is 5.73 Å². The van der Waals surface area contributed by atoms with Gasteiger partial charge in [0.25, 0.3) is 0 Å². The molecule has 0 radical (unpaired) electrons. The fourth-order valence-corrected chi connectivity index (χ4v) is 1.40. The topological polar surface area (TPSA) is 97.8 Å². The molecular formula is C8H9Cl2N5. The van der Waals surface area contributed by atoms with Gasteiger partial charge in [0.05, 0.1) is 15.7 Å². The molecule has 80 valence electrons. The largest absolute Gasteiger partial charge is 0.370 e. The molecular weight excluding hydrogens is 237 g/mol. The minimum absolute atomic E-state index is 0.169. The van der Waals surface area contributed by atoms with Crippen LogP contribution in [0.5, 0.6) is 0 Å². The van der Waals surface area contributed by atoms with Crippen LogP contribution in [0.1, 0.15) is 0 Å². The van der Waals surface area contributed by atoms with Gasteiger partial charge in [-0.3, -0.25) is 16.1 Å². The zero-order chi connectivity index (χ0) is 11.4. The summed E-state index contributed by atoms with van der Waals surface area (Å²) in [5.74, 6) is -0.506. The average Bonchev–Trinajstić information content (AvgIpc) is 2.10. The molecule has 5 nitrogen and oxygen atoms in total. The predicted molar refractivity (Wildman–Crippen MR) is 62.9 cm³/mol.